The second-order valence-corrected chi connectivity index (χ2v) is 9.29. The van der Waals surface area contributed by atoms with Gasteiger partial charge in [0.2, 0.25) is 0 Å². The molecule has 3 heterocycles. The van der Waals surface area contributed by atoms with Crippen molar-refractivity contribution in [3.05, 3.63) is 162 Å². The molecule has 0 atom stereocenters. The molecule has 0 amide bonds. The minimum atomic E-state index is -1.01. The fourth-order valence-corrected chi connectivity index (χ4v) is 5.15. The minimum Gasteiger partial charge on any atom is -0.477 e. The molecule has 7 nitrogen and oxygen atoms in total. The average molecular weight is 515 g/mol. The molecule has 0 aliphatic heterocycles. The van der Waals surface area contributed by atoms with Crippen molar-refractivity contribution in [2.75, 3.05) is 0 Å². The number of pyridine rings is 1. The van der Waals surface area contributed by atoms with Crippen LogP contribution in [0.15, 0.2) is 128 Å². The molecular weight excluding hydrogens is 488 g/mol. The Hall–Kier alpha value is -5.01. The zero-order valence-electron chi connectivity index (χ0n) is 21.1. The lowest BCUT2D eigenvalue weighted by atomic mass is 9.77. The van der Waals surface area contributed by atoms with E-state index in [-0.39, 0.29) is 5.69 Å². The van der Waals surface area contributed by atoms with Gasteiger partial charge < -0.3 is 14.4 Å². The highest BCUT2D eigenvalue weighted by atomic mass is 16.5. The van der Waals surface area contributed by atoms with Crippen LogP contribution in [0.25, 0.3) is 5.65 Å². The van der Waals surface area contributed by atoms with Gasteiger partial charge in [-0.15, -0.1) is 0 Å². The molecule has 3 aromatic carbocycles. The molecule has 0 unspecified atom stereocenters. The molecular formula is C32H26N4O3. The molecule has 6 aromatic rings. The van der Waals surface area contributed by atoms with E-state index < -0.39 is 11.5 Å². The molecule has 0 radical (unpaired) electrons. The van der Waals surface area contributed by atoms with Crippen molar-refractivity contribution in [2.45, 2.75) is 18.8 Å². The summed E-state index contributed by atoms with van der Waals surface area (Å²) in [5.74, 6) is -1.01. The van der Waals surface area contributed by atoms with Crippen LogP contribution in [0.5, 0.6) is 0 Å². The number of benzene rings is 3. The van der Waals surface area contributed by atoms with Crippen LogP contribution in [-0.2, 0) is 23.5 Å². The molecule has 192 valence electrons. The first-order chi connectivity index (χ1) is 19.2. The molecule has 39 heavy (non-hydrogen) atoms. The fraction of sp³-hybridized carbons (Fsp3) is 0.0938. The standard InChI is InChI=1S/C32H26N4O3/c37-31(38)29-19-33-30-18-24(16-17-36(29)30)21-39-22-28-20-35(23-34-28)32(25-10-4-1-5-11-25,26-12-6-2-7-13-26)27-14-8-3-9-15-27/h1-20,23H,21-22H2,(H,37,38). The Kier molecular flexibility index (Phi) is 6.49. The lowest BCUT2D eigenvalue weighted by molar-refractivity contribution is 0.0689. The van der Waals surface area contributed by atoms with Gasteiger partial charge in [0.1, 0.15) is 11.2 Å². The third-order valence-corrected chi connectivity index (χ3v) is 6.91. The first-order valence-corrected chi connectivity index (χ1v) is 12.6. The minimum absolute atomic E-state index is 0.127. The monoisotopic (exact) mass is 514 g/mol. The summed E-state index contributed by atoms with van der Waals surface area (Å²) in [4.78, 5) is 20.3. The quantitative estimate of drug-likeness (QED) is 0.247. The Bertz CT molecular complexity index is 1610. The fourth-order valence-electron chi connectivity index (χ4n) is 5.15. The molecule has 1 N–H and O–H groups in total. The zero-order valence-corrected chi connectivity index (χ0v) is 21.1. The molecule has 7 heteroatoms. The number of carbonyl (C=O) groups is 1. The average Bonchev–Trinajstić information content (AvgIpc) is 3.63. The van der Waals surface area contributed by atoms with Crippen molar-refractivity contribution < 1.29 is 14.6 Å². The van der Waals surface area contributed by atoms with Gasteiger partial charge in [0, 0.05) is 12.4 Å². The van der Waals surface area contributed by atoms with E-state index in [9.17, 15) is 9.90 Å². The van der Waals surface area contributed by atoms with Crippen LogP contribution >= 0.6 is 0 Å². The molecule has 0 spiro atoms. The van der Waals surface area contributed by atoms with Gasteiger partial charge >= 0.3 is 5.97 Å². The van der Waals surface area contributed by atoms with Crippen LogP contribution in [0.2, 0.25) is 0 Å². The van der Waals surface area contributed by atoms with Gasteiger partial charge in [0.25, 0.3) is 0 Å². The summed E-state index contributed by atoms with van der Waals surface area (Å²) < 4.78 is 9.73. The van der Waals surface area contributed by atoms with Crippen molar-refractivity contribution in [3.63, 3.8) is 0 Å². The first kappa shape index (κ1) is 24.3. The molecule has 0 bridgehead atoms. The van der Waals surface area contributed by atoms with Crippen LogP contribution in [0, 0.1) is 0 Å². The lowest BCUT2D eigenvalue weighted by Crippen LogP contribution is -2.36. The second-order valence-electron chi connectivity index (χ2n) is 9.29. The maximum absolute atomic E-state index is 11.3. The van der Waals surface area contributed by atoms with E-state index in [2.05, 4.69) is 82.3 Å². The van der Waals surface area contributed by atoms with Crippen molar-refractivity contribution in [3.8, 4) is 0 Å². The van der Waals surface area contributed by atoms with Crippen LogP contribution in [0.1, 0.15) is 38.4 Å². The van der Waals surface area contributed by atoms with Crippen LogP contribution in [-0.4, -0.2) is 30.0 Å². The molecule has 0 saturated carbocycles. The number of carboxylic acids is 1. The number of hydrogen-bond acceptors (Lipinski definition) is 4. The number of carboxylic acid groups (broad SMARTS) is 1. The topological polar surface area (TPSA) is 81.6 Å². The summed E-state index contributed by atoms with van der Waals surface area (Å²) in [6.07, 6.45) is 6.97. The Balaban J connectivity index is 1.31. The summed E-state index contributed by atoms with van der Waals surface area (Å²) in [7, 11) is 0. The Morgan fingerprint density at radius 1 is 0.795 bits per heavy atom. The molecule has 6 rings (SSSR count). The van der Waals surface area contributed by atoms with Crippen molar-refractivity contribution >= 4 is 11.6 Å². The molecule has 0 fully saturated rings. The first-order valence-electron chi connectivity index (χ1n) is 12.6. The van der Waals surface area contributed by atoms with Crippen LogP contribution in [0.3, 0.4) is 0 Å². The highest BCUT2D eigenvalue weighted by Crippen LogP contribution is 2.40. The number of rotatable bonds is 9. The van der Waals surface area contributed by atoms with Gasteiger partial charge in [0.15, 0.2) is 5.69 Å². The maximum atomic E-state index is 11.3. The second kappa shape index (κ2) is 10.4. The van der Waals surface area contributed by atoms with E-state index in [0.717, 1.165) is 27.9 Å². The molecule has 0 aliphatic rings. The SMILES string of the molecule is O=C(O)c1cnc2cc(COCc3cn(C(c4ccccc4)(c4ccccc4)c4ccccc4)cn3)ccn12. The summed E-state index contributed by atoms with van der Waals surface area (Å²) in [6, 6.07) is 35.0. The molecule has 3 aromatic heterocycles. The number of nitrogens with zero attached hydrogens (tertiary/aromatic N) is 4. The third kappa shape index (κ3) is 4.49. The number of aromatic carboxylic acids is 1. The van der Waals surface area contributed by atoms with Gasteiger partial charge in [-0.3, -0.25) is 4.40 Å². The third-order valence-electron chi connectivity index (χ3n) is 6.91. The van der Waals surface area contributed by atoms with Gasteiger partial charge in [-0.2, -0.15) is 0 Å². The lowest BCUT2D eigenvalue weighted by Gasteiger charge is -2.37. The Morgan fingerprint density at radius 2 is 1.38 bits per heavy atom. The Labute approximate surface area is 225 Å². The number of aromatic nitrogens is 4. The van der Waals surface area contributed by atoms with Crippen molar-refractivity contribution in [1.29, 1.82) is 0 Å². The van der Waals surface area contributed by atoms with E-state index in [0.29, 0.717) is 18.9 Å². The number of ether oxygens (including phenoxy) is 1. The van der Waals surface area contributed by atoms with Crippen molar-refractivity contribution in [2.24, 2.45) is 0 Å². The van der Waals surface area contributed by atoms with E-state index in [1.165, 1.54) is 6.20 Å². The van der Waals surface area contributed by atoms with Gasteiger partial charge in [0.05, 0.1) is 31.4 Å². The highest BCUT2D eigenvalue weighted by molar-refractivity contribution is 5.86. The van der Waals surface area contributed by atoms with E-state index in [1.807, 2.05) is 42.9 Å². The zero-order chi connectivity index (χ0) is 26.7. The normalized spacial score (nSPS) is 11.6. The van der Waals surface area contributed by atoms with Crippen molar-refractivity contribution in [1.82, 2.24) is 18.9 Å². The summed E-state index contributed by atoms with van der Waals surface area (Å²) in [5, 5.41) is 9.29. The molecule has 0 aliphatic carbocycles. The van der Waals surface area contributed by atoms with Crippen LogP contribution in [0.4, 0.5) is 0 Å². The predicted molar refractivity (Wildman–Crippen MR) is 147 cm³/mol. The number of fused-ring (bicyclic) bond motifs is 1. The predicted octanol–water partition coefficient (Wildman–Crippen LogP) is 5.79. The van der Waals surface area contributed by atoms with E-state index >= 15 is 0 Å². The van der Waals surface area contributed by atoms with Crippen LogP contribution < -0.4 is 0 Å². The summed E-state index contributed by atoms with van der Waals surface area (Å²) in [6.45, 7) is 0.668. The van der Waals surface area contributed by atoms with E-state index in [1.54, 1.807) is 10.6 Å². The Morgan fingerprint density at radius 3 is 1.95 bits per heavy atom. The maximum Gasteiger partial charge on any atom is 0.354 e. The largest absolute Gasteiger partial charge is 0.477 e. The molecule has 0 saturated heterocycles. The smallest absolute Gasteiger partial charge is 0.354 e. The van der Waals surface area contributed by atoms with E-state index in [4.69, 9.17) is 9.72 Å². The highest BCUT2D eigenvalue weighted by Gasteiger charge is 2.38. The van der Waals surface area contributed by atoms with Gasteiger partial charge in [-0.1, -0.05) is 91.0 Å². The van der Waals surface area contributed by atoms with Gasteiger partial charge in [-0.05, 0) is 34.4 Å². The summed E-state index contributed by atoms with van der Waals surface area (Å²) >= 11 is 0. The van der Waals surface area contributed by atoms with Gasteiger partial charge in [-0.25, -0.2) is 14.8 Å². The number of imidazole rings is 2. The number of hydrogen-bond donors (Lipinski definition) is 1. The summed E-state index contributed by atoms with van der Waals surface area (Å²) in [5.41, 5.74) is 5.15.